The van der Waals surface area contributed by atoms with Crippen molar-refractivity contribution in [1.29, 1.82) is 0 Å². The average molecular weight is 200 g/mol. The monoisotopic (exact) mass is 200 g/mol. The minimum Gasteiger partial charge on any atom is -0.410 e. The molecule has 0 saturated carbocycles. The summed E-state index contributed by atoms with van der Waals surface area (Å²) in [6.45, 7) is 5.66. The largest absolute Gasteiger partial charge is 0.410 e. The number of rotatable bonds is 2. The fourth-order valence-corrected chi connectivity index (χ4v) is 0.779. The van der Waals surface area contributed by atoms with Gasteiger partial charge in [-0.05, 0) is 20.8 Å². The molecule has 0 fully saturated rings. The summed E-state index contributed by atoms with van der Waals surface area (Å²) < 4.78 is 5.34. The summed E-state index contributed by atoms with van der Waals surface area (Å²) in [7, 11) is 0. The van der Waals surface area contributed by atoms with Crippen LogP contribution in [0.3, 0.4) is 0 Å². The molecule has 0 aliphatic carbocycles. The first-order valence-electron chi connectivity index (χ1n) is 4.08. The van der Waals surface area contributed by atoms with Crippen LogP contribution in [0.25, 0.3) is 0 Å². The molecule has 1 rings (SSSR count). The van der Waals surface area contributed by atoms with Gasteiger partial charge in [-0.3, -0.25) is 0 Å². The Labute approximate surface area is 81.2 Å². The molecular formula is C8H12N2O4. The Morgan fingerprint density at radius 2 is 2.21 bits per heavy atom. The Morgan fingerprint density at radius 1 is 1.57 bits per heavy atom. The van der Waals surface area contributed by atoms with E-state index in [1.165, 1.54) is 0 Å². The molecule has 1 heterocycles. The van der Waals surface area contributed by atoms with Gasteiger partial charge in [-0.15, -0.1) is 0 Å². The van der Waals surface area contributed by atoms with Gasteiger partial charge in [0.25, 0.3) is 0 Å². The van der Waals surface area contributed by atoms with Gasteiger partial charge in [-0.2, -0.15) is 0 Å². The van der Waals surface area contributed by atoms with Crippen molar-refractivity contribution in [3.8, 4) is 0 Å². The zero-order valence-corrected chi connectivity index (χ0v) is 8.27. The maximum absolute atomic E-state index is 10.9. The van der Waals surface area contributed by atoms with Gasteiger partial charge in [0.05, 0.1) is 12.2 Å². The first-order valence-corrected chi connectivity index (χ1v) is 4.08. The minimum absolute atomic E-state index is 0.0780. The van der Waals surface area contributed by atoms with E-state index in [4.69, 9.17) is 9.94 Å². The minimum atomic E-state index is -0.764. The number of carbonyl (C=O) groups excluding carboxylic acids is 1. The van der Waals surface area contributed by atoms with Crippen molar-refractivity contribution in [2.45, 2.75) is 26.4 Å². The van der Waals surface area contributed by atoms with Gasteiger partial charge < -0.3 is 14.8 Å². The van der Waals surface area contributed by atoms with Crippen LogP contribution >= 0.6 is 0 Å². The molecule has 0 unspecified atom stereocenters. The fourth-order valence-electron chi connectivity index (χ4n) is 0.779. The van der Waals surface area contributed by atoms with Crippen molar-refractivity contribution in [3.63, 3.8) is 0 Å². The van der Waals surface area contributed by atoms with Crippen LogP contribution in [-0.4, -0.2) is 34.8 Å². The van der Waals surface area contributed by atoms with E-state index in [0.717, 1.165) is 0 Å². The SMILES string of the molecule is CC(C)(C)OCC1=NOC(=O)/C1=N\O. The number of hydrogen-bond acceptors (Lipinski definition) is 6. The molecule has 78 valence electrons. The summed E-state index contributed by atoms with van der Waals surface area (Å²) in [5.41, 5.74) is -0.351. The molecule has 0 aromatic rings. The number of hydrogen-bond donors (Lipinski definition) is 1. The molecule has 1 aliphatic heterocycles. The van der Waals surface area contributed by atoms with Crippen LogP contribution < -0.4 is 0 Å². The molecule has 0 aromatic heterocycles. The van der Waals surface area contributed by atoms with Crippen molar-refractivity contribution < 1.29 is 19.6 Å². The second-order valence-corrected chi connectivity index (χ2v) is 3.77. The molecule has 0 bridgehead atoms. The number of carbonyl (C=O) groups is 1. The molecule has 6 heteroatoms. The second-order valence-electron chi connectivity index (χ2n) is 3.77. The van der Waals surface area contributed by atoms with Crippen LogP contribution in [0.1, 0.15) is 20.8 Å². The lowest BCUT2D eigenvalue weighted by molar-refractivity contribution is -0.134. The number of nitrogens with zero attached hydrogens (tertiary/aromatic N) is 2. The van der Waals surface area contributed by atoms with Gasteiger partial charge in [-0.25, -0.2) is 4.79 Å². The Kier molecular flexibility index (Phi) is 2.85. The van der Waals surface area contributed by atoms with Crippen molar-refractivity contribution in [2.75, 3.05) is 6.61 Å². The highest BCUT2D eigenvalue weighted by molar-refractivity contribution is 6.67. The predicted molar refractivity (Wildman–Crippen MR) is 48.5 cm³/mol. The Hall–Kier alpha value is -1.43. The first kappa shape index (κ1) is 10.6. The molecule has 1 N–H and O–H groups in total. The summed E-state index contributed by atoms with van der Waals surface area (Å²) in [4.78, 5) is 15.2. The zero-order chi connectivity index (χ0) is 10.8. The first-order chi connectivity index (χ1) is 6.44. The van der Waals surface area contributed by atoms with Gasteiger partial charge in [0, 0.05) is 0 Å². The van der Waals surface area contributed by atoms with Crippen molar-refractivity contribution in [3.05, 3.63) is 0 Å². The van der Waals surface area contributed by atoms with E-state index in [1.54, 1.807) is 0 Å². The second kappa shape index (κ2) is 3.75. The normalized spacial score (nSPS) is 19.8. The quantitative estimate of drug-likeness (QED) is 0.401. The lowest BCUT2D eigenvalue weighted by atomic mass is 10.2. The highest BCUT2D eigenvalue weighted by Crippen LogP contribution is 2.09. The molecule has 1 aliphatic rings. The van der Waals surface area contributed by atoms with E-state index in [-0.39, 0.29) is 23.6 Å². The number of ether oxygens (including phenoxy) is 1. The Bertz CT molecular complexity index is 301. The van der Waals surface area contributed by atoms with Crippen LogP contribution in [0, 0.1) is 0 Å². The molecule has 0 spiro atoms. The van der Waals surface area contributed by atoms with Crippen LogP contribution in [0.5, 0.6) is 0 Å². The van der Waals surface area contributed by atoms with Gasteiger partial charge in [0.2, 0.25) is 5.71 Å². The van der Waals surface area contributed by atoms with E-state index < -0.39 is 5.97 Å². The molecule has 0 atom stereocenters. The summed E-state index contributed by atoms with van der Waals surface area (Å²) in [5, 5.41) is 14.7. The molecule has 0 saturated heterocycles. The summed E-state index contributed by atoms with van der Waals surface area (Å²) >= 11 is 0. The third-order valence-electron chi connectivity index (χ3n) is 1.45. The van der Waals surface area contributed by atoms with Crippen LogP contribution in [-0.2, 0) is 14.4 Å². The topological polar surface area (TPSA) is 80.5 Å². The molecule has 0 amide bonds. The van der Waals surface area contributed by atoms with Crippen LogP contribution in [0.2, 0.25) is 0 Å². The zero-order valence-electron chi connectivity index (χ0n) is 8.27. The molecule has 14 heavy (non-hydrogen) atoms. The Morgan fingerprint density at radius 3 is 2.71 bits per heavy atom. The third-order valence-corrected chi connectivity index (χ3v) is 1.45. The van der Waals surface area contributed by atoms with Crippen molar-refractivity contribution in [2.24, 2.45) is 10.3 Å². The molecular weight excluding hydrogens is 188 g/mol. The summed E-state index contributed by atoms with van der Waals surface area (Å²) in [5.74, 6) is -0.764. The highest BCUT2D eigenvalue weighted by Gasteiger charge is 2.29. The van der Waals surface area contributed by atoms with Gasteiger partial charge in [0.15, 0.2) is 0 Å². The third kappa shape index (κ3) is 2.53. The van der Waals surface area contributed by atoms with Crippen molar-refractivity contribution in [1.82, 2.24) is 0 Å². The van der Waals surface area contributed by atoms with Gasteiger partial charge in [-0.1, -0.05) is 10.3 Å². The smallest absolute Gasteiger partial charge is 0.389 e. The van der Waals surface area contributed by atoms with E-state index in [0.29, 0.717) is 0 Å². The van der Waals surface area contributed by atoms with Gasteiger partial charge in [0.1, 0.15) is 5.71 Å². The van der Waals surface area contributed by atoms with E-state index in [9.17, 15) is 4.79 Å². The van der Waals surface area contributed by atoms with Gasteiger partial charge >= 0.3 is 5.97 Å². The van der Waals surface area contributed by atoms with Crippen LogP contribution in [0.4, 0.5) is 0 Å². The maximum atomic E-state index is 10.9. The van der Waals surface area contributed by atoms with E-state index in [2.05, 4.69) is 15.1 Å². The lowest BCUT2D eigenvalue weighted by Crippen LogP contribution is -2.28. The predicted octanol–water partition coefficient (Wildman–Crippen LogP) is 0.544. The fraction of sp³-hybridized carbons (Fsp3) is 0.625. The van der Waals surface area contributed by atoms with E-state index in [1.807, 2.05) is 20.8 Å². The lowest BCUT2D eigenvalue weighted by Gasteiger charge is -2.18. The highest BCUT2D eigenvalue weighted by atomic mass is 16.7. The molecule has 6 nitrogen and oxygen atoms in total. The van der Waals surface area contributed by atoms with Crippen molar-refractivity contribution >= 4 is 17.4 Å². The summed E-state index contributed by atoms with van der Waals surface area (Å²) in [6, 6.07) is 0. The molecule has 0 radical (unpaired) electrons. The summed E-state index contributed by atoms with van der Waals surface area (Å²) in [6.07, 6.45) is 0. The van der Waals surface area contributed by atoms with E-state index >= 15 is 0 Å². The number of oxime groups is 2. The standard InChI is InChI=1S/C8H12N2O4/c1-8(2,3)13-4-5-6(9-12)7(11)14-10-5/h12H,4H2,1-3H3/b9-6-. The maximum Gasteiger partial charge on any atom is 0.389 e. The van der Waals surface area contributed by atoms with Crippen LogP contribution in [0.15, 0.2) is 10.3 Å². The Balaban J connectivity index is 2.59. The average Bonchev–Trinajstić information content (AvgIpc) is 2.41. The molecule has 0 aromatic carbocycles.